The zero-order chi connectivity index (χ0) is 17.1. The topological polar surface area (TPSA) is 62.6 Å². The monoisotopic (exact) mass is 344 g/mol. The van der Waals surface area contributed by atoms with E-state index >= 15 is 0 Å². The van der Waals surface area contributed by atoms with E-state index in [1.54, 1.807) is 16.7 Å². The molecule has 1 aliphatic heterocycles. The molecule has 0 saturated heterocycles. The lowest BCUT2D eigenvalue weighted by atomic mass is 10.2. The average Bonchev–Trinajstić information content (AvgIpc) is 3.00. The van der Waals surface area contributed by atoms with Crippen LogP contribution >= 0.6 is 11.8 Å². The number of amides is 2. The van der Waals surface area contributed by atoms with Gasteiger partial charge in [0.1, 0.15) is 11.5 Å². The molecule has 24 heavy (non-hydrogen) atoms. The standard InChI is InChI=1S/C18H20N2O3S/c1-12-7-8-15(23-12)13(2)19-17(21)9-10-20-14-5-3-4-6-16(14)24-11-18(20)22/h3-8,13H,9-11H2,1-2H3,(H,19,21)/t13-/m0/s1. The fraction of sp³-hybridized carbons (Fsp3) is 0.333. The number of para-hydroxylation sites is 1. The van der Waals surface area contributed by atoms with Crippen molar-refractivity contribution in [3.05, 3.63) is 47.9 Å². The Hall–Kier alpha value is -2.21. The predicted octanol–water partition coefficient (Wildman–Crippen LogP) is 3.29. The number of benzene rings is 1. The van der Waals surface area contributed by atoms with Crippen LogP contribution in [-0.4, -0.2) is 24.1 Å². The molecule has 1 aromatic heterocycles. The largest absolute Gasteiger partial charge is 0.464 e. The van der Waals surface area contributed by atoms with Crippen molar-refractivity contribution in [2.75, 3.05) is 17.2 Å². The molecule has 5 nitrogen and oxygen atoms in total. The van der Waals surface area contributed by atoms with Gasteiger partial charge in [-0.05, 0) is 38.1 Å². The summed E-state index contributed by atoms with van der Waals surface area (Å²) in [7, 11) is 0. The van der Waals surface area contributed by atoms with Gasteiger partial charge < -0.3 is 14.6 Å². The van der Waals surface area contributed by atoms with Crippen LogP contribution in [0.3, 0.4) is 0 Å². The summed E-state index contributed by atoms with van der Waals surface area (Å²) in [6.07, 6.45) is 0.259. The van der Waals surface area contributed by atoms with Gasteiger partial charge in [0.2, 0.25) is 11.8 Å². The Balaban J connectivity index is 1.59. The fourth-order valence-electron chi connectivity index (χ4n) is 2.68. The summed E-state index contributed by atoms with van der Waals surface area (Å²) in [4.78, 5) is 27.2. The predicted molar refractivity (Wildman–Crippen MR) is 94.1 cm³/mol. The van der Waals surface area contributed by atoms with E-state index in [9.17, 15) is 9.59 Å². The number of nitrogens with one attached hydrogen (secondary N) is 1. The van der Waals surface area contributed by atoms with E-state index in [-0.39, 0.29) is 24.3 Å². The van der Waals surface area contributed by atoms with Gasteiger partial charge in [0.25, 0.3) is 0 Å². The van der Waals surface area contributed by atoms with E-state index in [4.69, 9.17) is 4.42 Å². The molecular formula is C18H20N2O3S. The first-order valence-corrected chi connectivity index (χ1v) is 8.91. The van der Waals surface area contributed by atoms with Crippen molar-refractivity contribution >= 4 is 29.3 Å². The molecule has 0 spiro atoms. The SMILES string of the molecule is Cc1ccc([C@H](C)NC(=O)CCN2C(=O)CSc3ccccc32)o1. The molecular weight excluding hydrogens is 324 g/mol. The highest BCUT2D eigenvalue weighted by Crippen LogP contribution is 2.34. The maximum absolute atomic E-state index is 12.2. The highest BCUT2D eigenvalue weighted by Gasteiger charge is 2.25. The highest BCUT2D eigenvalue weighted by molar-refractivity contribution is 8.00. The molecule has 2 aromatic rings. The van der Waals surface area contributed by atoms with Crippen LogP contribution in [0.1, 0.15) is 30.9 Å². The van der Waals surface area contributed by atoms with Crippen LogP contribution in [-0.2, 0) is 9.59 Å². The van der Waals surface area contributed by atoms with E-state index in [1.165, 1.54) is 0 Å². The number of anilines is 1. The molecule has 126 valence electrons. The first-order valence-electron chi connectivity index (χ1n) is 7.92. The molecule has 3 rings (SSSR count). The lowest BCUT2D eigenvalue weighted by Crippen LogP contribution is -2.38. The smallest absolute Gasteiger partial charge is 0.237 e. The van der Waals surface area contributed by atoms with E-state index < -0.39 is 0 Å². The quantitative estimate of drug-likeness (QED) is 0.904. The highest BCUT2D eigenvalue weighted by atomic mass is 32.2. The first kappa shape index (κ1) is 16.6. The Kier molecular flexibility index (Phi) is 4.94. The van der Waals surface area contributed by atoms with Gasteiger partial charge in [-0.25, -0.2) is 0 Å². The van der Waals surface area contributed by atoms with Crippen molar-refractivity contribution in [3.63, 3.8) is 0 Å². The minimum absolute atomic E-state index is 0.0428. The molecule has 1 N–H and O–H groups in total. The molecule has 2 amide bonds. The van der Waals surface area contributed by atoms with Crippen molar-refractivity contribution < 1.29 is 14.0 Å². The maximum Gasteiger partial charge on any atom is 0.237 e. The molecule has 1 atom stereocenters. The van der Waals surface area contributed by atoms with Crippen LogP contribution in [0.25, 0.3) is 0 Å². The number of rotatable bonds is 5. The number of thioether (sulfide) groups is 1. The Morgan fingerprint density at radius 2 is 2.12 bits per heavy atom. The summed E-state index contributed by atoms with van der Waals surface area (Å²) in [6, 6.07) is 11.3. The number of hydrogen-bond acceptors (Lipinski definition) is 4. The van der Waals surface area contributed by atoms with Crippen LogP contribution in [0.2, 0.25) is 0 Å². The number of fused-ring (bicyclic) bond motifs is 1. The minimum Gasteiger partial charge on any atom is -0.464 e. The van der Waals surface area contributed by atoms with E-state index in [0.717, 1.165) is 22.1 Å². The zero-order valence-corrected chi connectivity index (χ0v) is 14.6. The summed E-state index contributed by atoms with van der Waals surface area (Å²) in [5.74, 6) is 1.91. The number of hydrogen-bond donors (Lipinski definition) is 1. The molecule has 0 aliphatic carbocycles. The van der Waals surface area contributed by atoms with Crippen LogP contribution in [0.4, 0.5) is 5.69 Å². The third-order valence-electron chi connectivity index (χ3n) is 3.94. The van der Waals surface area contributed by atoms with Crippen molar-refractivity contribution in [1.82, 2.24) is 5.32 Å². The third kappa shape index (κ3) is 3.64. The first-order chi connectivity index (χ1) is 11.5. The molecule has 0 bridgehead atoms. The molecule has 1 aliphatic rings. The van der Waals surface area contributed by atoms with Crippen molar-refractivity contribution in [1.29, 1.82) is 0 Å². The number of carbonyl (C=O) groups excluding carboxylic acids is 2. The Morgan fingerprint density at radius 1 is 1.33 bits per heavy atom. The number of furan rings is 1. The molecule has 6 heteroatoms. The van der Waals surface area contributed by atoms with Crippen molar-refractivity contribution in [3.8, 4) is 0 Å². The van der Waals surface area contributed by atoms with Crippen LogP contribution in [0.15, 0.2) is 45.7 Å². The number of carbonyl (C=O) groups is 2. The van der Waals surface area contributed by atoms with Crippen LogP contribution in [0, 0.1) is 6.92 Å². The number of aryl methyl sites for hydroxylation is 1. The van der Waals surface area contributed by atoms with E-state index in [2.05, 4.69) is 5.32 Å². The number of nitrogens with zero attached hydrogens (tertiary/aromatic N) is 1. The molecule has 0 saturated carbocycles. The Labute approximate surface area is 145 Å². The summed E-state index contributed by atoms with van der Waals surface area (Å²) in [5, 5.41) is 2.91. The van der Waals surface area contributed by atoms with Crippen LogP contribution < -0.4 is 10.2 Å². The Morgan fingerprint density at radius 3 is 2.88 bits per heavy atom. The normalized spacial score (nSPS) is 15.1. The van der Waals surface area contributed by atoms with Gasteiger partial charge in [0, 0.05) is 17.9 Å². The molecule has 0 radical (unpaired) electrons. The fourth-order valence-corrected chi connectivity index (χ4v) is 3.62. The third-order valence-corrected chi connectivity index (χ3v) is 4.98. The summed E-state index contributed by atoms with van der Waals surface area (Å²) >= 11 is 1.54. The van der Waals surface area contributed by atoms with Crippen molar-refractivity contribution in [2.24, 2.45) is 0 Å². The summed E-state index contributed by atoms with van der Waals surface area (Å²) in [5.41, 5.74) is 0.890. The Bertz CT molecular complexity index is 756. The summed E-state index contributed by atoms with van der Waals surface area (Å²) in [6.45, 7) is 4.13. The minimum atomic E-state index is -0.189. The molecule has 1 aromatic carbocycles. The van der Waals surface area contributed by atoms with E-state index in [1.807, 2.05) is 50.2 Å². The summed E-state index contributed by atoms with van der Waals surface area (Å²) < 4.78 is 5.52. The molecule has 0 unspecified atom stereocenters. The lowest BCUT2D eigenvalue weighted by Gasteiger charge is -2.28. The van der Waals surface area contributed by atoms with Gasteiger partial charge in [-0.2, -0.15) is 0 Å². The van der Waals surface area contributed by atoms with Crippen molar-refractivity contribution in [2.45, 2.75) is 31.2 Å². The van der Waals surface area contributed by atoms with Gasteiger partial charge in [0.05, 0.1) is 17.5 Å². The van der Waals surface area contributed by atoms with Gasteiger partial charge >= 0.3 is 0 Å². The lowest BCUT2D eigenvalue weighted by molar-refractivity contribution is -0.121. The second-order valence-electron chi connectivity index (χ2n) is 5.79. The molecule has 2 heterocycles. The van der Waals surface area contributed by atoms with Gasteiger partial charge in [-0.1, -0.05) is 12.1 Å². The zero-order valence-electron chi connectivity index (χ0n) is 13.7. The average molecular weight is 344 g/mol. The van der Waals surface area contributed by atoms with Gasteiger partial charge in [-0.3, -0.25) is 9.59 Å². The second-order valence-corrected chi connectivity index (χ2v) is 6.81. The van der Waals surface area contributed by atoms with Gasteiger partial charge in [-0.15, -0.1) is 11.8 Å². The second kappa shape index (κ2) is 7.13. The maximum atomic E-state index is 12.2. The van der Waals surface area contributed by atoms with E-state index in [0.29, 0.717) is 12.3 Å². The van der Waals surface area contributed by atoms with Crippen LogP contribution in [0.5, 0.6) is 0 Å². The molecule has 0 fully saturated rings. The van der Waals surface area contributed by atoms with Gasteiger partial charge in [0.15, 0.2) is 0 Å².